The summed E-state index contributed by atoms with van der Waals surface area (Å²) in [6, 6.07) is 0.723. The number of carbonyl (C=O) groups excluding carboxylic acids is 1. The van der Waals surface area contributed by atoms with Gasteiger partial charge in [-0.3, -0.25) is 9.69 Å². The number of carbonyl (C=O) groups is 1. The summed E-state index contributed by atoms with van der Waals surface area (Å²) in [7, 11) is 0. The van der Waals surface area contributed by atoms with Gasteiger partial charge in [-0.1, -0.05) is 12.2 Å². The lowest BCUT2D eigenvalue weighted by molar-refractivity contribution is -0.131. The van der Waals surface area contributed by atoms with Gasteiger partial charge in [0.05, 0.1) is 6.54 Å². The van der Waals surface area contributed by atoms with E-state index in [1.807, 2.05) is 4.90 Å². The van der Waals surface area contributed by atoms with Gasteiger partial charge < -0.3 is 10.2 Å². The van der Waals surface area contributed by atoms with Crippen molar-refractivity contribution in [3.05, 3.63) is 25.3 Å². The number of piperidine rings is 1. The van der Waals surface area contributed by atoms with Crippen LogP contribution in [0.2, 0.25) is 0 Å². The van der Waals surface area contributed by atoms with Gasteiger partial charge in [-0.05, 0) is 51.2 Å². The quantitative estimate of drug-likeness (QED) is 0.725. The Morgan fingerprint density at radius 1 is 1.19 bits per heavy atom. The van der Waals surface area contributed by atoms with Crippen molar-refractivity contribution in [2.45, 2.75) is 31.7 Å². The highest BCUT2D eigenvalue weighted by molar-refractivity contribution is 5.78. The maximum atomic E-state index is 12.3. The van der Waals surface area contributed by atoms with Crippen molar-refractivity contribution in [1.82, 2.24) is 15.1 Å². The number of amides is 1. The van der Waals surface area contributed by atoms with Crippen molar-refractivity contribution in [3.8, 4) is 0 Å². The minimum atomic E-state index is 0.187. The fraction of sp³-hybridized carbons (Fsp3) is 0.706. The van der Waals surface area contributed by atoms with Gasteiger partial charge in [0.15, 0.2) is 0 Å². The normalized spacial score (nSPS) is 23.9. The average Bonchev–Trinajstić information content (AvgIpc) is 3.02. The molecule has 0 aromatic heterocycles. The van der Waals surface area contributed by atoms with E-state index in [1.54, 1.807) is 12.2 Å². The van der Waals surface area contributed by atoms with E-state index in [1.165, 1.54) is 32.2 Å². The van der Waals surface area contributed by atoms with E-state index in [0.29, 0.717) is 19.6 Å². The van der Waals surface area contributed by atoms with E-state index in [4.69, 9.17) is 0 Å². The van der Waals surface area contributed by atoms with Gasteiger partial charge >= 0.3 is 0 Å². The molecule has 1 amide bonds. The second kappa shape index (κ2) is 8.35. The standard InChI is InChI=1S/C17H29N3O/c1-3-10-20(11-4-2)17(21)14-19-12-7-15(8-13-19)16-6-5-9-18-16/h3-4,15-16,18H,1-2,5-14H2. The molecule has 2 fully saturated rings. The highest BCUT2D eigenvalue weighted by Crippen LogP contribution is 2.25. The smallest absolute Gasteiger partial charge is 0.237 e. The molecular formula is C17H29N3O. The molecule has 0 radical (unpaired) electrons. The van der Waals surface area contributed by atoms with Gasteiger partial charge in [0.2, 0.25) is 5.91 Å². The second-order valence-electron chi connectivity index (χ2n) is 6.19. The molecule has 0 bridgehead atoms. The first kappa shape index (κ1) is 16.2. The molecule has 1 atom stereocenters. The Labute approximate surface area is 128 Å². The highest BCUT2D eigenvalue weighted by atomic mass is 16.2. The molecule has 0 aromatic carbocycles. The zero-order chi connectivity index (χ0) is 15.1. The van der Waals surface area contributed by atoms with Gasteiger partial charge in [0.1, 0.15) is 0 Å². The average molecular weight is 291 g/mol. The third-order valence-corrected chi connectivity index (χ3v) is 4.71. The Morgan fingerprint density at radius 3 is 2.38 bits per heavy atom. The Kier molecular flexibility index (Phi) is 6.46. The molecule has 0 aromatic rings. The molecule has 2 aliphatic heterocycles. The first-order valence-electron chi connectivity index (χ1n) is 8.20. The summed E-state index contributed by atoms with van der Waals surface area (Å²) in [6.45, 7) is 12.5. The summed E-state index contributed by atoms with van der Waals surface area (Å²) < 4.78 is 0. The van der Waals surface area contributed by atoms with Crippen LogP contribution in [-0.2, 0) is 4.79 Å². The molecular weight excluding hydrogens is 262 g/mol. The number of likely N-dealkylation sites (tertiary alicyclic amines) is 1. The van der Waals surface area contributed by atoms with Crippen LogP contribution in [-0.4, -0.2) is 61.0 Å². The Bertz CT molecular complexity index is 345. The van der Waals surface area contributed by atoms with Crippen LogP contribution in [0.5, 0.6) is 0 Å². The van der Waals surface area contributed by atoms with Gasteiger partial charge in [0, 0.05) is 19.1 Å². The molecule has 2 rings (SSSR count). The fourth-order valence-electron chi connectivity index (χ4n) is 3.51. The summed E-state index contributed by atoms with van der Waals surface area (Å²) >= 11 is 0. The van der Waals surface area contributed by atoms with Crippen molar-refractivity contribution in [1.29, 1.82) is 0 Å². The SMILES string of the molecule is C=CCN(CC=C)C(=O)CN1CCC(C2CCCN2)CC1. The van der Waals surface area contributed by atoms with E-state index >= 15 is 0 Å². The molecule has 2 saturated heterocycles. The molecule has 2 heterocycles. The van der Waals surface area contributed by atoms with Crippen molar-refractivity contribution >= 4 is 5.91 Å². The number of hydrogen-bond donors (Lipinski definition) is 1. The van der Waals surface area contributed by atoms with Crippen LogP contribution in [0.1, 0.15) is 25.7 Å². The van der Waals surface area contributed by atoms with Crippen LogP contribution >= 0.6 is 0 Å². The molecule has 0 saturated carbocycles. The Balaban J connectivity index is 1.75. The molecule has 1 unspecified atom stereocenters. The zero-order valence-electron chi connectivity index (χ0n) is 13.1. The van der Waals surface area contributed by atoms with E-state index in [0.717, 1.165) is 25.0 Å². The lowest BCUT2D eigenvalue weighted by Gasteiger charge is -2.35. The number of rotatable bonds is 7. The lowest BCUT2D eigenvalue weighted by atomic mass is 9.88. The van der Waals surface area contributed by atoms with Crippen molar-refractivity contribution in [2.75, 3.05) is 39.3 Å². The highest BCUT2D eigenvalue weighted by Gasteiger charge is 2.29. The molecule has 4 heteroatoms. The maximum Gasteiger partial charge on any atom is 0.237 e. The summed E-state index contributed by atoms with van der Waals surface area (Å²) in [6.07, 6.45) is 8.64. The van der Waals surface area contributed by atoms with E-state index in [-0.39, 0.29) is 5.91 Å². The molecule has 2 aliphatic rings. The molecule has 0 aliphatic carbocycles. The van der Waals surface area contributed by atoms with Gasteiger partial charge in [-0.15, -0.1) is 13.2 Å². The molecule has 1 N–H and O–H groups in total. The topological polar surface area (TPSA) is 35.6 Å². The molecule has 0 spiro atoms. The minimum Gasteiger partial charge on any atom is -0.334 e. The number of hydrogen-bond acceptors (Lipinski definition) is 3. The molecule has 4 nitrogen and oxygen atoms in total. The lowest BCUT2D eigenvalue weighted by Crippen LogP contribution is -2.45. The van der Waals surface area contributed by atoms with Crippen LogP contribution in [0.15, 0.2) is 25.3 Å². The van der Waals surface area contributed by atoms with Crippen molar-refractivity contribution in [3.63, 3.8) is 0 Å². The minimum absolute atomic E-state index is 0.187. The van der Waals surface area contributed by atoms with Crippen molar-refractivity contribution < 1.29 is 4.79 Å². The number of nitrogens with zero attached hydrogens (tertiary/aromatic N) is 2. The van der Waals surface area contributed by atoms with E-state index in [9.17, 15) is 4.79 Å². The molecule has 118 valence electrons. The third kappa shape index (κ3) is 4.68. The monoisotopic (exact) mass is 291 g/mol. The van der Waals surface area contributed by atoms with Gasteiger partial charge in [-0.2, -0.15) is 0 Å². The molecule has 21 heavy (non-hydrogen) atoms. The predicted octanol–water partition coefficient (Wildman–Crippen LogP) is 1.65. The maximum absolute atomic E-state index is 12.3. The van der Waals surface area contributed by atoms with Crippen LogP contribution < -0.4 is 5.32 Å². The van der Waals surface area contributed by atoms with Gasteiger partial charge in [0.25, 0.3) is 0 Å². The zero-order valence-corrected chi connectivity index (χ0v) is 13.1. The van der Waals surface area contributed by atoms with Crippen LogP contribution in [0.4, 0.5) is 0 Å². The largest absolute Gasteiger partial charge is 0.334 e. The van der Waals surface area contributed by atoms with Crippen LogP contribution in [0, 0.1) is 5.92 Å². The predicted molar refractivity (Wildman–Crippen MR) is 87.2 cm³/mol. The first-order valence-corrected chi connectivity index (χ1v) is 8.20. The number of nitrogens with one attached hydrogen (secondary N) is 1. The first-order chi connectivity index (χ1) is 10.2. The summed E-state index contributed by atoms with van der Waals surface area (Å²) in [5, 5.41) is 3.62. The van der Waals surface area contributed by atoms with Gasteiger partial charge in [-0.25, -0.2) is 0 Å². The summed E-state index contributed by atoms with van der Waals surface area (Å²) in [5.74, 6) is 0.989. The van der Waals surface area contributed by atoms with E-state index in [2.05, 4.69) is 23.4 Å². The Morgan fingerprint density at radius 2 is 1.86 bits per heavy atom. The third-order valence-electron chi connectivity index (χ3n) is 4.71. The van der Waals surface area contributed by atoms with Crippen molar-refractivity contribution in [2.24, 2.45) is 5.92 Å². The Hall–Kier alpha value is -1.13. The second-order valence-corrected chi connectivity index (χ2v) is 6.19. The van der Waals surface area contributed by atoms with E-state index < -0.39 is 0 Å². The van der Waals surface area contributed by atoms with Crippen LogP contribution in [0.3, 0.4) is 0 Å². The fourth-order valence-corrected chi connectivity index (χ4v) is 3.51. The van der Waals surface area contributed by atoms with Crippen LogP contribution in [0.25, 0.3) is 0 Å². The summed E-state index contributed by atoms with van der Waals surface area (Å²) in [5.41, 5.74) is 0. The summed E-state index contributed by atoms with van der Waals surface area (Å²) in [4.78, 5) is 16.4.